The minimum Gasteiger partial charge on any atom is -0.481 e. The van der Waals surface area contributed by atoms with Gasteiger partial charge in [-0.25, -0.2) is 4.79 Å². The van der Waals surface area contributed by atoms with Crippen molar-refractivity contribution in [3.05, 3.63) is 59.7 Å². The highest BCUT2D eigenvalue weighted by atomic mass is 16.5. The number of fused-ring (bicyclic) bond motifs is 3. The summed E-state index contributed by atoms with van der Waals surface area (Å²) < 4.78 is 10.7. The van der Waals surface area contributed by atoms with E-state index in [1.54, 1.807) is 7.11 Å². The second-order valence-electron chi connectivity index (χ2n) is 9.11. The lowest BCUT2D eigenvalue weighted by molar-refractivity contribution is -0.137. The summed E-state index contributed by atoms with van der Waals surface area (Å²) >= 11 is 0. The molecule has 0 spiro atoms. The number of hydrogen-bond acceptors (Lipinski definition) is 5. The van der Waals surface area contributed by atoms with Gasteiger partial charge in [0.05, 0.1) is 6.61 Å². The number of hydrogen-bond donors (Lipinski definition) is 3. The number of amides is 2. The van der Waals surface area contributed by atoms with Crippen LogP contribution in [0.4, 0.5) is 4.79 Å². The Morgan fingerprint density at radius 3 is 2.24 bits per heavy atom. The third kappa shape index (κ3) is 5.39. The number of benzene rings is 2. The average molecular weight is 467 g/mol. The summed E-state index contributed by atoms with van der Waals surface area (Å²) in [5, 5.41) is 14.5. The van der Waals surface area contributed by atoms with Crippen LogP contribution < -0.4 is 10.6 Å². The van der Waals surface area contributed by atoms with E-state index in [1.165, 1.54) is 0 Å². The molecule has 1 saturated carbocycles. The summed E-state index contributed by atoms with van der Waals surface area (Å²) in [6.45, 7) is 1.09. The fourth-order valence-corrected chi connectivity index (χ4v) is 4.57. The van der Waals surface area contributed by atoms with E-state index in [-0.39, 0.29) is 30.8 Å². The number of methoxy groups -OCH3 is 1. The molecule has 2 aromatic carbocycles. The Labute approximate surface area is 198 Å². The standard InChI is InChI=1S/C26H30N2O6/c1-33-16-26(12-13-26)15-27-24(31)22(10-11-23(29)30)28-25(32)34-14-21-19-8-4-2-6-17(19)18-7-3-5-9-20(18)21/h2-9,21-22H,10-16H2,1H3,(H,27,31)(H,28,32)(H,29,30). The van der Waals surface area contributed by atoms with Crippen molar-refractivity contribution in [2.75, 3.05) is 26.9 Å². The fraction of sp³-hybridized carbons (Fsp3) is 0.423. The highest BCUT2D eigenvalue weighted by Crippen LogP contribution is 2.45. The quantitative estimate of drug-likeness (QED) is 0.468. The van der Waals surface area contributed by atoms with Crippen molar-refractivity contribution in [3.8, 4) is 11.1 Å². The Bertz CT molecular complexity index is 1020. The maximum Gasteiger partial charge on any atom is 0.407 e. The average Bonchev–Trinajstić information content (AvgIpc) is 3.53. The molecule has 1 fully saturated rings. The van der Waals surface area contributed by atoms with Crippen molar-refractivity contribution < 1.29 is 29.0 Å². The number of aliphatic carboxylic acids is 1. The Hall–Kier alpha value is -3.39. The normalized spacial score (nSPS) is 16.1. The molecular formula is C26H30N2O6. The smallest absolute Gasteiger partial charge is 0.407 e. The molecule has 8 nitrogen and oxygen atoms in total. The summed E-state index contributed by atoms with van der Waals surface area (Å²) in [5.74, 6) is -1.56. The van der Waals surface area contributed by atoms with E-state index < -0.39 is 24.0 Å². The molecule has 4 rings (SSSR count). The summed E-state index contributed by atoms with van der Waals surface area (Å²) in [6.07, 6.45) is 0.903. The molecule has 2 aliphatic rings. The van der Waals surface area contributed by atoms with Crippen LogP contribution in [-0.2, 0) is 19.1 Å². The summed E-state index contributed by atoms with van der Waals surface area (Å²) in [5.41, 5.74) is 4.35. The molecule has 0 saturated heterocycles. The zero-order valence-electron chi connectivity index (χ0n) is 19.2. The molecule has 3 N–H and O–H groups in total. The van der Waals surface area contributed by atoms with Crippen LogP contribution in [0.25, 0.3) is 11.1 Å². The van der Waals surface area contributed by atoms with E-state index in [0.29, 0.717) is 13.2 Å². The monoisotopic (exact) mass is 466 g/mol. The molecule has 0 aromatic heterocycles. The number of carbonyl (C=O) groups excluding carboxylic acids is 2. The molecule has 2 amide bonds. The summed E-state index contributed by atoms with van der Waals surface area (Å²) in [4.78, 5) is 36.4. The number of alkyl carbamates (subject to hydrolysis) is 1. The van der Waals surface area contributed by atoms with Crippen molar-refractivity contribution in [2.24, 2.45) is 5.41 Å². The van der Waals surface area contributed by atoms with Crippen molar-refractivity contribution in [2.45, 2.75) is 37.6 Å². The van der Waals surface area contributed by atoms with Crippen LogP contribution in [-0.4, -0.2) is 56.0 Å². The number of carbonyl (C=O) groups is 3. The lowest BCUT2D eigenvalue weighted by atomic mass is 9.98. The largest absolute Gasteiger partial charge is 0.481 e. The van der Waals surface area contributed by atoms with Gasteiger partial charge in [0.1, 0.15) is 12.6 Å². The van der Waals surface area contributed by atoms with E-state index in [1.807, 2.05) is 36.4 Å². The van der Waals surface area contributed by atoms with Crippen LogP contribution in [0.3, 0.4) is 0 Å². The highest BCUT2D eigenvalue weighted by molar-refractivity contribution is 5.86. The van der Waals surface area contributed by atoms with Gasteiger partial charge in [-0.15, -0.1) is 0 Å². The Kier molecular flexibility index (Phi) is 7.17. The van der Waals surface area contributed by atoms with Gasteiger partial charge in [0.15, 0.2) is 0 Å². The SMILES string of the molecule is COCC1(CNC(=O)C(CCC(=O)O)NC(=O)OCC2c3ccccc3-c3ccccc32)CC1. The van der Waals surface area contributed by atoms with Crippen LogP contribution in [0.15, 0.2) is 48.5 Å². The molecule has 34 heavy (non-hydrogen) atoms. The molecule has 0 bridgehead atoms. The topological polar surface area (TPSA) is 114 Å². The second-order valence-corrected chi connectivity index (χ2v) is 9.11. The number of carboxylic acid groups (broad SMARTS) is 1. The fourth-order valence-electron chi connectivity index (χ4n) is 4.57. The molecule has 1 unspecified atom stereocenters. The van der Waals surface area contributed by atoms with Crippen LogP contribution in [0.1, 0.15) is 42.7 Å². The third-order valence-electron chi connectivity index (χ3n) is 6.64. The molecule has 1 atom stereocenters. The van der Waals surface area contributed by atoms with Crippen LogP contribution in [0.2, 0.25) is 0 Å². The molecule has 0 heterocycles. The van der Waals surface area contributed by atoms with Crippen molar-refractivity contribution in [3.63, 3.8) is 0 Å². The molecule has 2 aliphatic carbocycles. The molecule has 8 heteroatoms. The van der Waals surface area contributed by atoms with Gasteiger partial charge in [0.25, 0.3) is 0 Å². The Balaban J connectivity index is 1.37. The zero-order valence-corrected chi connectivity index (χ0v) is 19.2. The van der Waals surface area contributed by atoms with Crippen LogP contribution in [0.5, 0.6) is 0 Å². The molecule has 0 radical (unpaired) electrons. The predicted molar refractivity (Wildman–Crippen MR) is 125 cm³/mol. The maximum absolute atomic E-state index is 12.7. The van der Waals surface area contributed by atoms with Gasteiger partial charge in [-0.05, 0) is 41.5 Å². The van der Waals surface area contributed by atoms with Crippen molar-refractivity contribution in [1.29, 1.82) is 0 Å². The van der Waals surface area contributed by atoms with E-state index in [2.05, 4.69) is 22.8 Å². The molecule has 180 valence electrons. The number of carboxylic acids is 1. The van der Waals surface area contributed by atoms with Gasteiger partial charge in [0.2, 0.25) is 5.91 Å². The van der Waals surface area contributed by atoms with Gasteiger partial charge in [-0.2, -0.15) is 0 Å². The van der Waals surface area contributed by atoms with Gasteiger partial charge in [-0.1, -0.05) is 48.5 Å². The van der Waals surface area contributed by atoms with Gasteiger partial charge < -0.3 is 25.2 Å². The van der Waals surface area contributed by atoms with Crippen molar-refractivity contribution in [1.82, 2.24) is 10.6 Å². The second kappa shape index (κ2) is 10.3. The minimum atomic E-state index is -1.04. The van der Waals surface area contributed by atoms with Gasteiger partial charge >= 0.3 is 12.1 Å². The first-order valence-electron chi connectivity index (χ1n) is 11.5. The van der Waals surface area contributed by atoms with Gasteiger partial charge in [-0.3, -0.25) is 9.59 Å². The third-order valence-corrected chi connectivity index (χ3v) is 6.64. The molecular weight excluding hydrogens is 436 g/mol. The Morgan fingerprint density at radius 1 is 1.06 bits per heavy atom. The number of ether oxygens (including phenoxy) is 2. The van der Waals surface area contributed by atoms with E-state index in [4.69, 9.17) is 14.6 Å². The zero-order chi connectivity index (χ0) is 24.1. The predicted octanol–water partition coefficient (Wildman–Crippen LogP) is 3.30. The first-order chi connectivity index (χ1) is 16.4. The lowest BCUT2D eigenvalue weighted by Gasteiger charge is -2.21. The van der Waals surface area contributed by atoms with Crippen LogP contribution in [0, 0.1) is 5.41 Å². The summed E-state index contributed by atoms with van der Waals surface area (Å²) in [7, 11) is 1.62. The first kappa shape index (κ1) is 23.8. The molecule has 0 aliphatic heterocycles. The number of nitrogens with one attached hydrogen (secondary N) is 2. The number of rotatable bonds is 11. The first-order valence-corrected chi connectivity index (χ1v) is 11.5. The highest BCUT2D eigenvalue weighted by Gasteiger charge is 2.43. The lowest BCUT2D eigenvalue weighted by Crippen LogP contribution is -2.48. The van der Waals surface area contributed by atoms with E-state index in [0.717, 1.165) is 35.1 Å². The summed E-state index contributed by atoms with van der Waals surface area (Å²) in [6, 6.07) is 15.0. The van der Waals surface area contributed by atoms with Gasteiger partial charge in [0, 0.05) is 31.4 Å². The Morgan fingerprint density at radius 2 is 1.68 bits per heavy atom. The van der Waals surface area contributed by atoms with Crippen LogP contribution >= 0.6 is 0 Å². The minimum absolute atomic E-state index is 0.0252. The molecule has 2 aromatic rings. The van der Waals surface area contributed by atoms with E-state index >= 15 is 0 Å². The van der Waals surface area contributed by atoms with Crippen molar-refractivity contribution >= 4 is 18.0 Å². The maximum atomic E-state index is 12.7. The van der Waals surface area contributed by atoms with E-state index in [9.17, 15) is 14.4 Å².